The third-order valence-corrected chi connectivity index (χ3v) is 5.98. The molecule has 0 spiro atoms. The van der Waals surface area contributed by atoms with Crippen LogP contribution in [0.5, 0.6) is 0 Å². The molecule has 0 aromatic heterocycles. The van der Waals surface area contributed by atoms with Gasteiger partial charge in [-0.2, -0.15) is 13.2 Å². The standard InChI is InChI=1S/C25H35F3N4O2/c1-7-32(19-8-10-29-11-9-19)22-13-18(25(26,27)28)12-20(17(22)6)23(33)30-14-21(15(2)3)24(34)31-16(4)5/h12-13,19,29H,4,7-11,14H2,1-3,5-6H3,(H,30,33)(H,31,34). The Balaban J connectivity index is 2.42. The monoisotopic (exact) mass is 480 g/mol. The van der Waals surface area contributed by atoms with Crippen LogP contribution < -0.4 is 20.9 Å². The van der Waals surface area contributed by atoms with Gasteiger partial charge in [0.1, 0.15) is 0 Å². The highest BCUT2D eigenvalue weighted by Crippen LogP contribution is 2.36. The maximum atomic E-state index is 13.8. The number of alkyl halides is 3. The van der Waals surface area contributed by atoms with Gasteiger partial charge in [-0.3, -0.25) is 9.59 Å². The van der Waals surface area contributed by atoms with E-state index in [9.17, 15) is 22.8 Å². The number of anilines is 1. The van der Waals surface area contributed by atoms with Crippen LogP contribution in [0.4, 0.5) is 18.9 Å². The number of hydrogen-bond acceptors (Lipinski definition) is 4. The lowest BCUT2D eigenvalue weighted by atomic mass is 9.97. The summed E-state index contributed by atoms with van der Waals surface area (Å²) in [7, 11) is 0. The number of amides is 2. The van der Waals surface area contributed by atoms with Gasteiger partial charge < -0.3 is 20.9 Å². The summed E-state index contributed by atoms with van der Waals surface area (Å²) in [6, 6.07) is 2.12. The van der Waals surface area contributed by atoms with Crippen molar-refractivity contribution in [1.82, 2.24) is 16.0 Å². The van der Waals surface area contributed by atoms with Gasteiger partial charge in [-0.25, -0.2) is 0 Å². The van der Waals surface area contributed by atoms with Crippen LogP contribution in [0.25, 0.3) is 0 Å². The molecule has 1 heterocycles. The summed E-state index contributed by atoms with van der Waals surface area (Å²) in [6.45, 7) is 14.3. The van der Waals surface area contributed by atoms with E-state index in [1.807, 2.05) is 11.8 Å². The summed E-state index contributed by atoms with van der Waals surface area (Å²) in [5.74, 6) is -1.06. The summed E-state index contributed by atoms with van der Waals surface area (Å²) in [6.07, 6.45) is -2.98. The molecule has 1 aromatic rings. The number of rotatable bonds is 8. The average molecular weight is 481 g/mol. The zero-order chi connectivity index (χ0) is 25.6. The first kappa shape index (κ1) is 27.4. The van der Waals surface area contributed by atoms with Crippen LogP contribution in [-0.2, 0) is 11.0 Å². The first-order valence-corrected chi connectivity index (χ1v) is 11.5. The number of benzene rings is 1. The molecule has 6 nitrogen and oxygen atoms in total. The van der Waals surface area contributed by atoms with Crippen LogP contribution >= 0.6 is 0 Å². The quantitative estimate of drug-likeness (QED) is 0.485. The van der Waals surface area contributed by atoms with Crippen LogP contribution in [0.2, 0.25) is 0 Å². The fourth-order valence-corrected chi connectivity index (χ4v) is 4.16. The minimum absolute atomic E-state index is 0.0503. The van der Waals surface area contributed by atoms with E-state index in [1.165, 1.54) is 0 Å². The number of carbonyl (C=O) groups excluding carboxylic acids is 2. The molecule has 2 rings (SSSR count). The van der Waals surface area contributed by atoms with Gasteiger partial charge in [0.25, 0.3) is 11.8 Å². The Bertz CT molecular complexity index is 960. The van der Waals surface area contributed by atoms with Gasteiger partial charge >= 0.3 is 6.18 Å². The van der Waals surface area contributed by atoms with Crippen LogP contribution in [0.1, 0.15) is 62.0 Å². The third-order valence-electron chi connectivity index (χ3n) is 5.98. The predicted octanol–water partition coefficient (Wildman–Crippen LogP) is 4.31. The summed E-state index contributed by atoms with van der Waals surface area (Å²) >= 11 is 0. The van der Waals surface area contributed by atoms with Gasteiger partial charge in [-0.1, -0.05) is 12.2 Å². The molecule has 188 valence electrons. The highest BCUT2D eigenvalue weighted by molar-refractivity contribution is 6.00. The lowest BCUT2D eigenvalue weighted by Gasteiger charge is -2.37. The van der Waals surface area contributed by atoms with Crippen molar-refractivity contribution < 1.29 is 22.8 Å². The van der Waals surface area contributed by atoms with Gasteiger partial charge in [0, 0.05) is 41.7 Å². The number of nitrogens with one attached hydrogen (secondary N) is 3. The molecule has 0 saturated carbocycles. The fourth-order valence-electron chi connectivity index (χ4n) is 4.16. The molecular weight excluding hydrogens is 445 g/mol. The first-order valence-electron chi connectivity index (χ1n) is 11.5. The predicted molar refractivity (Wildman–Crippen MR) is 129 cm³/mol. The minimum Gasteiger partial charge on any atom is -0.368 e. The van der Waals surface area contributed by atoms with E-state index >= 15 is 0 Å². The number of halogens is 3. The van der Waals surface area contributed by atoms with E-state index < -0.39 is 23.6 Å². The second-order valence-electron chi connectivity index (χ2n) is 8.83. The van der Waals surface area contributed by atoms with Crippen molar-refractivity contribution in [3.8, 4) is 0 Å². The summed E-state index contributed by atoms with van der Waals surface area (Å²) in [4.78, 5) is 27.5. The number of piperidine rings is 1. The second kappa shape index (κ2) is 11.6. The molecule has 3 N–H and O–H groups in total. The van der Waals surface area contributed by atoms with Crippen LogP contribution in [0, 0.1) is 6.92 Å². The van der Waals surface area contributed by atoms with Crippen molar-refractivity contribution in [2.45, 2.75) is 59.7 Å². The highest BCUT2D eigenvalue weighted by Gasteiger charge is 2.34. The Hall–Kier alpha value is -2.81. The third kappa shape index (κ3) is 6.85. The molecule has 2 amide bonds. The fraction of sp³-hybridized carbons (Fsp3) is 0.520. The smallest absolute Gasteiger partial charge is 0.368 e. The summed E-state index contributed by atoms with van der Waals surface area (Å²) in [5, 5.41) is 8.50. The molecule has 34 heavy (non-hydrogen) atoms. The van der Waals surface area contributed by atoms with E-state index in [2.05, 4.69) is 22.5 Å². The van der Waals surface area contributed by atoms with Crippen LogP contribution in [0.15, 0.2) is 35.6 Å². The Morgan fingerprint density at radius 2 is 1.79 bits per heavy atom. The minimum atomic E-state index is -4.60. The molecule has 9 heteroatoms. The number of hydrogen-bond donors (Lipinski definition) is 3. The van der Waals surface area contributed by atoms with Gasteiger partial charge in [0.2, 0.25) is 0 Å². The second-order valence-corrected chi connectivity index (χ2v) is 8.83. The molecular formula is C25H35F3N4O2. The van der Waals surface area contributed by atoms with E-state index in [1.54, 1.807) is 27.7 Å². The lowest BCUT2D eigenvalue weighted by Crippen LogP contribution is -2.43. The first-order chi connectivity index (χ1) is 15.9. The van der Waals surface area contributed by atoms with Crippen molar-refractivity contribution in [1.29, 1.82) is 0 Å². The normalized spacial score (nSPS) is 14.4. The molecule has 1 fully saturated rings. The van der Waals surface area contributed by atoms with Crippen molar-refractivity contribution in [3.05, 3.63) is 52.2 Å². The van der Waals surface area contributed by atoms with Gasteiger partial charge in [-0.05, 0) is 78.2 Å². The van der Waals surface area contributed by atoms with E-state index in [-0.39, 0.29) is 18.2 Å². The molecule has 0 bridgehead atoms. The van der Waals surface area contributed by atoms with Gasteiger partial charge in [-0.15, -0.1) is 0 Å². The molecule has 1 aromatic carbocycles. The number of allylic oxidation sites excluding steroid dienone is 2. The van der Waals surface area contributed by atoms with Crippen LogP contribution in [-0.4, -0.2) is 44.0 Å². The van der Waals surface area contributed by atoms with Crippen molar-refractivity contribution in [2.75, 3.05) is 31.1 Å². The Labute approximate surface area is 199 Å². The number of carbonyl (C=O) groups is 2. The zero-order valence-electron chi connectivity index (χ0n) is 20.6. The molecule has 0 unspecified atom stereocenters. The molecule has 0 radical (unpaired) electrons. The SMILES string of the molecule is C=C(C)NC(=O)C(CNC(=O)c1cc(C(F)(F)F)cc(N(CC)C2CCNCC2)c1C)=C(C)C. The van der Waals surface area contributed by atoms with E-state index in [0.29, 0.717) is 34.6 Å². The molecule has 1 aliphatic rings. The maximum Gasteiger partial charge on any atom is 0.416 e. The Morgan fingerprint density at radius 3 is 2.29 bits per heavy atom. The molecule has 1 aliphatic heterocycles. The van der Waals surface area contributed by atoms with Crippen molar-refractivity contribution in [2.24, 2.45) is 0 Å². The van der Waals surface area contributed by atoms with Gasteiger partial charge in [0.15, 0.2) is 0 Å². The summed E-state index contributed by atoms with van der Waals surface area (Å²) in [5.41, 5.74) is 1.44. The number of nitrogens with zero attached hydrogens (tertiary/aromatic N) is 1. The summed E-state index contributed by atoms with van der Waals surface area (Å²) < 4.78 is 41.3. The topological polar surface area (TPSA) is 73.5 Å². The Kier molecular flexibility index (Phi) is 9.32. The lowest BCUT2D eigenvalue weighted by molar-refractivity contribution is -0.137. The van der Waals surface area contributed by atoms with E-state index in [0.717, 1.165) is 38.1 Å². The van der Waals surface area contributed by atoms with Crippen LogP contribution in [0.3, 0.4) is 0 Å². The van der Waals surface area contributed by atoms with E-state index in [4.69, 9.17) is 0 Å². The highest BCUT2D eigenvalue weighted by atomic mass is 19.4. The maximum absolute atomic E-state index is 13.8. The largest absolute Gasteiger partial charge is 0.416 e. The van der Waals surface area contributed by atoms with Crippen molar-refractivity contribution >= 4 is 17.5 Å². The molecule has 1 saturated heterocycles. The van der Waals surface area contributed by atoms with Crippen molar-refractivity contribution in [3.63, 3.8) is 0 Å². The zero-order valence-corrected chi connectivity index (χ0v) is 20.6. The van der Waals surface area contributed by atoms with Gasteiger partial charge in [0.05, 0.1) is 5.56 Å². The molecule has 0 aliphatic carbocycles. The molecule has 0 atom stereocenters. The Morgan fingerprint density at radius 1 is 1.18 bits per heavy atom. The average Bonchev–Trinajstić information content (AvgIpc) is 2.74.